The van der Waals surface area contributed by atoms with Crippen LogP contribution < -0.4 is 11.2 Å². The lowest BCUT2D eigenvalue weighted by molar-refractivity contribution is 0.299. The summed E-state index contributed by atoms with van der Waals surface area (Å²) < 4.78 is 0. The molecule has 0 heterocycles. The lowest BCUT2D eigenvalue weighted by Gasteiger charge is -2.12. The number of nitrogens with zero attached hydrogens (tertiary/aromatic N) is 1. The van der Waals surface area contributed by atoms with Gasteiger partial charge >= 0.3 is 0 Å². The fraction of sp³-hybridized carbons (Fsp3) is 1.00. The molecule has 0 aliphatic heterocycles. The highest BCUT2D eigenvalue weighted by atomic mass is 15.4. The number of likely N-dealkylation sites (N-methyl/N-ethyl adjacent to an activating group) is 2. The number of nitrogens with one attached hydrogen (secondary N) is 1. The molecule has 0 aliphatic carbocycles. The van der Waals surface area contributed by atoms with E-state index >= 15 is 0 Å². The van der Waals surface area contributed by atoms with E-state index in [4.69, 9.17) is 5.84 Å². The Hall–Kier alpha value is -0.120. The van der Waals surface area contributed by atoms with Crippen LogP contribution in [0.5, 0.6) is 0 Å². The molecule has 3 nitrogen and oxygen atoms in total. The van der Waals surface area contributed by atoms with E-state index in [9.17, 15) is 0 Å². The first kappa shape index (κ1) is 8.88. The molecule has 0 aromatic carbocycles. The SMILES string of the molecule is CCNCCN(N)CC. The van der Waals surface area contributed by atoms with Gasteiger partial charge in [0.25, 0.3) is 0 Å². The lowest BCUT2D eigenvalue weighted by atomic mass is 10.5. The summed E-state index contributed by atoms with van der Waals surface area (Å²) in [5.41, 5.74) is 0. The monoisotopic (exact) mass is 131 g/mol. The molecule has 3 N–H and O–H groups in total. The first-order chi connectivity index (χ1) is 4.31. The average molecular weight is 131 g/mol. The van der Waals surface area contributed by atoms with Crippen molar-refractivity contribution < 1.29 is 0 Å². The van der Waals surface area contributed by atoms with Crippen LogP contribution >= 0.6 is 0 Å². The average Bonchev–Trinajstić information content (AvgIpc) is 1.89. The van der Waals surface area contributed by atoms with Crippen LogP contribution in [0.4, 0.5) is 0 Å². The first-order valence-corrected chi connectivity index (χ1v) is 3.51. The summed E-state index contributed by atoms with van der Waals surface area (Å²) in [6.45, 7) is 8.01. The highest BCUT2D eigenvalue weighted by Crippen LogP contribution is 1.71. The molecule has 0 saturated carbocycles. The van der Waals surface area contributed by atoms with Gasteiger partial charge in [0, 0.05) is 19.6 Å². The van der Waals surface area contributed by atoms with Gasteiger partial charge in [0.2, 0.25) is 0 Å². The number of hydrogen-bond donors (Lipinski definition) is 2. The van der Waals surface area contributed by atoms with Crippen molar-refractivity contribution in [3.63, 3.8) is 0 Å². The van der Waals surface area contributed by atoms with E-state index in [0.717, 1.165) is 26.2 Å². The van der Waals surface area contributed by atoms with Crippen molar-refractivity contribution in [2.24, 2.45) is 5.84 Å². The Kier molecular flexibility index (Phi) is 5.93. The number of rotatable bonds is 5. The van der Waals surface area contributed by atoms with Gasteiger partial charge in [0.05, 0.1) is 0 Å². The minimum Gasteiger partial charge on any atom is -0.316 e. The van der Waals surface area contributed by atoms with Crippen LogP contribution in [0.15, 0.2) is 0 Å². The summed E-state index contributed by atoms with van der Waals surface area (Å²) >= 11 is 0. The predicted octanol–water partition coefficient (Wildman–Crippen LogP) is -0.208. The Balaban J connectivity index is 2.88. The van der Waals surface area contributed by atoms with Crippen LogP contribution in [0.25, 0.3) is 0 Å². The second kappa shape index (κ2) is 6.01. The highest BCUT2D eigenvalue weighted by Gasteiger charge is 1.90. The maximum atomic E-state index is 5.51. The van der Waals surface area contributed by atoms with Crippen LogP contribution in [0, 0.1) is 0 Å². The molecule has 0 aliphatic rings. The summed E-state index contributed by atoms with van der Waals surface area (Å²) in [4.78, 5) is 0. The molecule has 0 amide bonds. The third kappa shape index (κ3) is 5.76. The van der Waals surface area contributed by atoms with Gasteiger partial charge in [-0.25, -0.2) is 5.01 Å². The molecule has 0 aromatic heterocycles. The van der Waals surface area contributed by atoms with Crippen molar-refractivity contribution in [2.75, 3.05) is 26.2 Å². The van der Waals surface area contributed by atoms with Crippen molar-refractivity contribution in [1.29, 1.82) is 0 Å². The zero-order valence-electron chi connectivity index (χ0n) is 6.35. The third-order valence-electron chi connectivity index (χ3n) is 1.23. The normalized spacial score (nSPS) is 10.7. The van der Waals surface area contributed by atoms with Crippen molar-refractivity contribution in [1.82, 2.24) is 10.3 Å². The van der Waals surface area contributed by atoms with Crippen molar-refractivity contribution in [2.45, 2.75) is 13.8 Å². The zero-order valence-corrected chi connectivity index (χ0v) is 6.35. The minimum atomic E-state index is 0.922. The number of nitrogens with two attached hydrogens (primary N) is 1. The number of hydrogen-bond acceptors (Lipinski definition) is 3. The van der Waals surface area contributed by atoms with Crippen molar-refractivity contribution >= 4 is 0 Å². The van der Waals surface area contributed by atoms with Gasteiger partial charge in [-0.15, -0.1) is 0 Å². The third-order valence-corrected chi connectivity index (χ3v) is 1.23. The molecule has 0 bridgehead atoms. The smallest absolute Gasteiger partial charge is 0.0253 e. The molecule has 0 fully saturated rings. The van der Waals surface area contributed by atoms with E-state index in [1.165, 1.54) is 0 Å². The number of hydrazine groups is 1. The van der Waals surface area contributed by atoms with E-state index in [1.807, 2.05) is 6.92 Å². The Morgan fingerprint density at radius 2 is 2.11 bits per heavy atom. The van der Waals surface area contributed by atoms with Crippen LogP contribution in [0.2, 0.25) is 0 Å². The fourth-order valence-corrected chi connectivity index (χ4v) is 0.558. The molecule has 3 heteroatoms. The molecular weight excluding hydrogens is 114 g/mol. The largest absolute Gasteiger partial charge is 0.316 e. The van der Waals surface area contributed by atoms with Gasteiger partial charge in [-0.3, -0.25) is 5.84 Å². The molecule has 0 atom stereocenters. The molecule has 0 rings (SSSR count). The van der Waals surface area contributed by atoms with Gasteiger partial charge < -0.3 is 5.32 Å². The molecule has 0 unspecified atom stereocenters. The second-order valence-corrected chi connectivity index (χ2v) is 1.98. The Morgan fingerprint density at radius 1 is 1.44 bits per heavy atom. The van der Waals surface area contributed by atoms with Crippen LogP contribution in [-0.4, -0.2) is 31.2 Å². The minimum absolute atomic E-state index is 0.922. The first-order valence-electron chi connectivity index (χ1n) is 3.51. The van der Waals surface area contributed by atoms with E-state index in [2.05, 4.69) is 12.2 Å². The summed E-state index contributed by atoms with van der Waals surface area (Å²) in [5.74, 6) is 5.51. The van der Waals surface area contributed by atoms with Crippen molar-refractivity contribution in [3.8, 4) is 0 Å². The summed E-state index contributed by atoms with van der Waals surface area (Å²) in [6.07, 6.45) is 0. The molecule has 0 radical (unpaired) electrons. The summed E-state index contributed by atoms with van der Waals surface area (Å²) in [6, 6.07) is 0. The highest BCUT2D eigenvalue weighted by molar-refractivity contribution is 4.47. The van der Waals surface area contributed by atoms with Crippen LogP contribution in [0.3, 0.4) is 0 Å². The van der Waals surface area contributed by atoms with Gasteiger partial charge in [-0.05, 0) is 6.54 Å². The molecule has 0 saturated heterocycles. The summed E-state index contributed by atoms with van der Waals surface area (Å²) in [5, 5.41) is 4.99. The van der Waals surface area contributed by atoms with Crippen molar-refractivity contribution in [3.05, 3.63) is 0 Å². The molecule has 0 aromatic rings. The van der Waals surface area contributed by atoms with Gasteiger partial charge in [-0.1, -0.05) is 13.8 Å². The van der Waals surface area contributed by atoms with Crippen LogP contribution in [0.1, 0.15) is 13.8 Å². The van der Waals surface area contributed by atoms with E-state index in [1.54, 1.807) is 5.01 Å². The molecule has 56 valence electrons. The second-order valence-electron chi connectivity index (χ2n) is 1.98. The Morgan fingerprint density at radius 3 is 2.56 bits per heavy atom. The topological polar surface area (TPSA) is 41.3 Å². The zero-order chi connectivity index (χ0) is 7.11. The van der Waals surface area contributed by atoms with E-state index in [0.29, 0.717) is 0 Å². The lowest BCUT2D eigenvalue weighted by Crippen LogP contribution is -2.36. The van der Waals surface area contributed by atoms with E-state index < -0.39 is 0 Å². The standard InChI is InChI=1S/C6H17N3/c1-3-8-5-6-9(7)4-2/h8H,3-7H2,1-2H3. The quantitative estimate of drug-likeness (QED) is 0.308. The predicted molar refractivity (Wildman–Crippen MR) is 40.0 cm³/mol. The van der Waals surface area contributed by atoms with Gasteiger partial charge in [0.1, 0.15) is 0 Å². The Labute approximate surface area is 57.2 Å². The molecule has 0 spiro atoms. The molecular formula is C6H17N3. The van der Waals surface area contributed by atoms with Gasteiger partial charge in [0.15, 0.2) is 0 Å². The fourth-order valence-electron chi connectivity index (χ4n) is 0.558. The molecule has 9 heavy (non-hydrogen) atoms. The maximum Gasteiger partial charge on any atom is 0.0253 e. The summed E-state index contributed by atoms with van der Waals surface area (Å²) in [7, 11) is 0. The van der Waals surface area contributed by atoms with Gasteiger partial charge in [-0.2, -0.15) is 0 Å². The maximum absolute atomic E-state index is 5.51. The van der Waals surface area contributed by atoms with E-state index in [-0.39, 0.29) is 0 Å². The van der Waals surface area contributed by atoms with Crippen LogP contribution in [-0.2, 0) is 0 Å². The Bertz CT molecular complexity index is 56.3.